The predicted molar refractivity (Wildman–Crippen MR) is 99.4 cm³/mol. The van der Waals surface area contributed by atoms with Gasteiger partial charge in [0.15, 0.2) is 0 Å². The fraction of sp³-hybridized carbons (Fsp3) is 0.625. The van der Waals surface area contributed by atoms with Crippen LogP contribution < -0.4 is 10.6 Å². The molecule has 0 spiro atoms. The van der Waals surface area contributed by atoms with Gasteiger partial charge in [0.1, 0.15) is 0 Å². The van der Waals surface area contributed by atoms with Gasteiger partial charge in [0, 0.05) is 29.9 Å². The smallest absolute Gasteiger partial charge is 0.271 e. The van der Waals surface area contributed by atoms with E-state index in [1.165, 1.54) is 3.57 Å². The van der Waals surface area contributed by atoms with Crippen LogP contribution in [0.5, 0.6) is 0 Å². The van der Waals surface area contributed by atoms with E-state index in [9.17, 15) is 0 Å². The molecule has 126 valence electrons. The zero-order valence-corrected chi connectivity index (χ0v) is 15.8. The molecular weight excluding hydrogens is 395 g/mol. The van der Waals surface area contributed by atoms with Gasteiger partial charge in [-0.15, -0.1) is 0 Å². The summed E-state index contributed by atoms with van der Waals surface area (Å²) in [6, 6.07) is 6.34. The average molecular weight is 422 g/mol. The van der Waals surface area contributed by atoms with Crippen LogP contribution in [0.1, 0.15) is 27.2 Å². The maximum Gasteiger partial charge on any atom is 0.271 e. The van der Waals surface area contributed by atoms with Crippen LogP contribution in [0, 0.1) is 3.57 Å². The molecule has 0 unspecified atom stereocenters. The van der Waals surface area contributed by atoms with Crippen LogP contribution in [0.3, 0.4) is 0 Å². The summed E-state index contributed by atoms with van der Waals surface area (Å²) in [5.41, 5.74) is 2.25. The number of rotatable bonds is 12. The van der Waals surface area contributed by atoms with Crippen molar-refractivity contribution >= 4 is 34.0 Å². The zero-order valence-electron chi connectivity index (χ0n) is 13.7. The number of anilines is 2. The molecule has 0 aromatic heterocycles. The average Bonchev–Trinajstić information content (AvgIpc) is 2.50. The van der Waals surface area contributed by atoms with Crippen molar-refractivity contribution in [3.05, 3.63) is 21.8 Å². The largest absolute Gasteiger partial charge is 0.384 e. The van der Waals surface area contributed by atoms with Crippen LogP contribution in [-0.2, 0) is 14.2 Å². The molecule has 0 aliphatic heterocycles. The molecule has 0 atom stereocenters. The molecule has 6 heteroatoms. The van der Waals surface area contributed by atoms with Gasteiger partial charge in [-0.05, 0) is 68.0 Å². The van der Waals surface area contributed by atoms with Crippen molar-refractivity contribution in [1.82, 2.24) is 0 Å². The van der Waals surface area contributed by atoms with Crippen LogP contribution in [0.4, 0.5) is 11.4 Å². The third-order valence-corrected chi connectivity index (χ3v) is 3.52. The standard InChI is InChI=1S/C16H27IN2O3/c1-4-18-14-9-8-13(17)12-15(14)19-10-7-11-22-16(20-5-2)21-6-3/h8-9,12,16,18-19H,4-7,10-11H2,1-3H3. The third-order valence-electron chi connectivity index (χ3n) is 2.84. The molecular formula is C16H27IN2O3. The van der Waals surface area contributed by atoms with Crippen molar-refractivity contribution in [3.63, 3.8) is 0 Å². The Labute approximate surface area is 147 Å². The summed E-state index contributed by atoms with van der Waals surface area (Å²) in [6.07, 6.45) is 0.883. The lowest BCUT2D eigenvalue weighted by Gasteiger charge is -2.17. The highest BCUT2D eigenvalue weighted by molar-refractivity contribution is 14.1. The van der Waals surface area contributed by atoms with E-state index in [2.05, 4.69) is 58.3 Å². The molecule has 1 aromatic carbocycles. The zero-order chi connectivity index (χ0) is 16.2. The van der Waals surface area contributed by atoms with E-state index in [0.29, 0.717) is 19.8 Å². The summed E-state index contributed by atoms with van der Waals surface area (Å²) >= 11 is 2.32. The SMILES string of the molecule is CCNc1ccc(I)cc1NCCCOC(OCC)OCC. The number of hydrogen-bond donors (Lipinski definition) is 2. The van der Waals surface area contributed by atoms with Gasteiger partial charge in [-0.2, -0.15) is 0 Å². The Hall–Kier alpha value is -0.570. The number of benzene rings is 1. The van der Waals surface area contributed by atoms with Crippen LogP contribution in [0.2, 0.25) is 0 Å². The van der Waals surface area contributed by atoms with Crippen LogP contribution in [0.25, 0.3) is 0 Å². The quantitative estimate of drug-likeness (QED) is 0.304. The second kappa shape index (κ2) is 11.9. The van der Waals surface area contributed by atoms with Crippen LogP contribution in [0.15, 0.2) is 18.2 Å². The summed E-state index contributed by atoms with van der Waals surface area (Å²) in [6.45, 7) is 8.90. The summed E-state index contributed by atoms with van der Waals surface area (Å²) < 4.78 is 17.5. The summed E-state index contributed by atoms with van der Waals surface area (Å²) in [7, 11) is 0. The van der Waals surface area contributed by atoms with E-state index in [1.54, 1.807) is 0 Å². The molecule has 1 aromatic rings. The predicted octanol–water partition coefficient (Wildman–Crippen LogP) is 3.90. The van der Waals surface area contributed by atoms with E-state index in [1.807, 2.05) is 13.8 Å². The van der Waals surface area contributed by atoms with E-state index >= 15 is 0 Å². The number of ether oxygens (including phenoxy) is 3. The first-order valence-corrected chi connectivity index (χ1v) is 8.91. The Kier molecular flexibility index (Phi) is 10.6. The van der Waals surface area contributed by atoms with Crippen LogP contribution >= 0.6 is 22.6 Å². The van der Waals surface area contributed by atoms with E-state index in [0.717, 1.165) is 30.9 Å². The molecule has 0 aliphatic rings. The van der Waals surface area contributed by atoms with Gasteiger partial charge in [0.2, 0.25) is 0 Å². The molecule has 0 amide bonds. The lowest BCUT2D eigenvalue weighted by atomic mass is 10.2. The first-order valence-electron chi connectivity index (χ1n) is 7.83. The topological polar surface area (TPSA) is 51.8 Å². The minimum Gasteiger partial charge on any atom is -0.384 e. The molecule has 0 fully saturated rings. The van der Waals surface area contributed by atoms with Crippen molar-refractivity contribution in [2.24, 2.45) is 0 Å². The minimum absolute atomic E-state index is 0.551. The van der Waals surface area contributed by atoms with Crippen molar-refractivity contribution in [3.8, 4) is 0 Å². The molecule has 0 saturated heterocycles. The number of halogens is 1. The van der Waals surface area contributed by atoms with Crippen molar-refractivity contribution in [2.45, 2.75) is 33.7 Å². The first-order chi connectivity index (χ1) is 10.7. The maximum absolute atomic E-state index is 5.56. The highest BCUT2D eigenvalue weighted by atomic mass is 127. The van der Waals surface area contributed by atoms with Gasteiger partial charge in [0.05, 0.1) is 18.0 Å². The summed E-state index contributed by atoms with van der Waals surface area (Å²) in [5, 5.41) is 6.81. The van der Waals surface area contributed by atoms with Gasteiger partial charge < -0.3 is 24.8 Å². The molecule has 0 bridgehead atoms. The Morgan fingerprint density at radius 2 is 1.73 bits per heavy atom. The fourth-order valence-electron chi connectivity index (χ4n) is 1.90. The van der Waals surface area contributed by atoms with Gasteiger partial charge in [-0.1, -0.05) is 0 Å². The third kappa shape index (κ3) is 7.62. The molecule has 1 rings (SSSR count). The highest BCUT2D eigenvalue weighted by Gasteiger charge is 2.07. The second-order valence-corrected chi connectivity index (χ2v) is 5.82. The molecule has 0 radical (unpaired) electrons. The summed E-state index contributed by atoms with van der Waals surface area (Å²) in [4.78, 5) is 0. The fourth-order valence-corrected chi connectivity index (χ4v) is 2.39. The van der Waals surface area contributed by atoms with Gasteiger partial charge in [0.25, 0.3) is 6.48 Å². The lowest BCUT2D eigenvalue weighted by Crippen LogP contribution is -2.22. The Bertz CT molecular complexity index is 412. The normalized spacial score (nSPS) is 11.0. The monoisotopic (exact) mass is 422 g/mol. The molecule has 5 nitrogen and oxygen atoms in total. The Balaban J connectivity index is 2.33. The van der Waals surface area contributed by atoms with E-state index < -0.39 is 6.48 Å². The van der Waals surface area contributed by atoms with Crippen molar-refractivity contribution in [2.75, 3.05) is 43.5 Å². The van der Waals surface area contributed by atoms with E-state index in [-0.39, 0.29) is 0 Å². The highest BCUT2D eigenvalue weighted by Crippen LogP contribution is 2.24. The van der Waals surface area contributed by atoms with E-state index in [4.69, 9.17) is 14.2 Å². The number of hydrogen-bond acceptors (Lipinski definition) is 5. The van der Waals surface area contributed by atoms with Crippen LogP contribution in [-0.4, -0.2) is 39.4 Å². The van der Waals surface area contributed by atoms with Gasteiger partial charge in [-0.25, -0.2) is 0 Å². The Morgan fingerprint density at radius 3 is 2.36 bits per heavy atom. The minimum atomic E-state index is -0.551. The van der Waals surface area contributed by atoms with Gasteiger partial charge in [-0.3, -0.25) is 0 Å². The molecule has 0 aliphatic carbocycles. The molecule has 0 saturated carbocycles. The first kappa shape index (κ1) is 19.5. The van der Waals surface area contributed by atoms with Crippen molar-refractivity contribution < 1.29 is 14.2 Å². The van der Waals surface area contributed by atoms with Gasteiger partial charge >= 0.3 is 0 Å². The maximum atomic E-state index is 5.56. The molecule has 22 heavy (non-hydrogen) atoms. The number of nitrogens with one attached hydrogen (secondary N) is 2. The molecule has 2 N–H and O–H groups in total. The second-order valence-electron chi connectivity index (χ2n) is 4.57. The summed E-state index contributed by atoms with van der Waals surface area (Å²) in [5.74, 6) is 0. The Morgan fingerprint density at radius 1 is 1.00 bits per heavy atom. The van der Waals surface area contributed by atoms with Crippen molar-refractivity contribution in [1.29, 1.82) is 0 Å². The molecule has 0 heterocycles. The lowest BCUT2D eigenvalue weighted by molar-refractivity contribution is -0.284.